The molecular weight excluding hydrogens is 383 g/mol. The molecule has 154 valence electrons. The zero-order chi connectivity index (χ0) is 20.9. The maximum atomic E-state index is 13.6. The molecular formula is C24H23FN2O3. The van der Waals surface area contributed by atoms with Crippen LogP contribution in [0.5, 0.6) is 0 Å². The average Bonchev–Trinajstić information content (AvgIpc) is 3.22. The van der Waals surface area contributed by atoms with Crippen molar-refractivity contribution in [2.24, 2.45) is 0 Å². The van der Waals surface area contributed by atoms with Crippen molar-refractivity contribution in [1.82, 2.24) is 0 Å². The number of anilines is 2. The minimum atomic E-state index is -0.602. The summed E-state index contributed by atoms with van der Waals surface area (Å²) in [4.78, 5) is 14.9. The number of benzene rings is 2. The minimum Gasteiger partial charge on any atom is -0.482 e. The van der Waals surface area contributed by atoms with Crippen LogP contribution in [0.3, 0.4) is 0 Å². The van der Waals surface area contributed by atoms with Gasteiger partial charge in [0, 0.05) is 29.9 Å². The molecule has 0 radical (unpaired) electrons. The summed E-state index contributed by atoms with van der Waals surface area (Å²) in [5, 5.41) is 2.73. The highest BCUT2D eigenvalue weighted by atomic mass is 19.1. The Kier molecular flexibility index (Phi) is 4.40. The quantitative estimate of drug-likeness (QED) is 0.759. The topological polar surface area (TPSA) is 50.8 Å². The van der Waals surface area contributed by atoms with Crippen LogP contribution in [0.4, 0.5) is 15.8 Å². The number of halogens is 1. The highest BCUT2D eigenvalue weighted by Gasteiger charge is 2.38. The Morgan fingerprint density at radius 2 is 1.90 bits per heavy atom. The molecule has 5 rings (SSSR count). The second-order valence-electron chi connectivity index (χ2n) is 8.20. The number of amides is 1. The maximum absolute atomic E-state index is 13.6. The number of fused-ring (bicyclic) bond motifs is 1. The van der Waals surface area contributed by atoms with Gasteiger partial charge in [0.25, 0.3) is 5.91 Å². The van der Waals surface area contributed by atoms with E-state index >= 15 is 0 Å². The molecule has 1 fully saturated rings. The van der Waals surface area contributed by atoms with Gasteiger partial charge < -0.3 is 19.7 Å². The second-order valence-corrected chi connectivity index (χ2v) is 8.20. The van der Waals surface area contributed by atoms with Crippen molar-refractivity contribution >= 4 is 28.4 Å². The van der Waals surface area contributed by atoms with E-state index in [4.69, 9.17) is 9.47 Å². The van der Waals surface area contributed by atoms with Crippen LogP contribution in [0.1, 0.15) is 25.0 Å². The molecule has 1 N–H and O–H groups in total. The van der Waals surface area contributed by atoms with Crippen molar-refractivity contribution in [3.63, 3.8) is 0 Å². The Bertz CT molecular complexity index is 1100. The summed E-state index contributed by atoms with van der Waals surface area (Å²) < 4.78 is 25.3. The fourth-order valence-electron chi connectivity index (χ4n) is 4.30. The lowest BCUT2D eigenvalue weighted by Crippen LogP contribution is -2.36. The molecule has 0 saturated carbocycles. The molecule has 0 spiro atoms. The summed E-state index contributed by atoms with van der Waals surface area (Å²) in [6, 6.07) is 12.7. The lowest BCUT2D eigenvalue weighted by molar-refractivity contribution is -0.111. The van der Waals surface area contributed by atoms with Crippen LogP contribution < -0.4 is 10.2 Å². The number of morpholine rings is 1. The molecule has 2 aromatic carbocycles. The first kappa shape index (κ1) is 18.9. The third-order valence-electron chi connectivity index (χ3n) is 5.80. The number of carbonyl (C=O) groups is 1. The molecule has 0 bridgehead atoms. The summed E-state index contributed by atoms with van der Waals surface area (Å²) in [6.45, 7) is 7.18. The lowest BCUT2D eigenvalue weighted by Gasteiger charge is -2.30. The highest BCUT2D eigenvalue weighted by molar-refractivity contribution is 6.32. The molecule has 0 atom stereocenters. The van der Waals surface area contributed by atoms with Gasteiger partial charge in [0.05, 0.1) is 24.5 Å². The van der Waals surface area contributed by atoms with Gasteiger partial charge in [-0.1, -0.05) is 12.1 Å². The predicted molar refractivity (Wildman–Crippen MR) is 115 cm³/mol. The number of allylic oxidation sites excluding steroid dienone is 1. The molecule has 0 unspecified atom stereocenters. The third-order valence-corrected chi connectivity index (χ3v) is 5.80. The van der Waals surface area contributed by atoms with Crippen LogP contribution >= 0.6 is 0 Å². The Morgan fingerprint density at radius 1 is 1.10 bits per heavy atom. The zero-order valence-corrected chi connectivity index (χ0v) is 17.0. The van der Waals surface area contributed by atoms with E-state index < -0.39 is 5.60 Å². The summed E-state index contributed by atoms with van der Waals surface area (Å²) in [5.74, 6) is -0.153. The van der Waals surface area contributed by atoms with Crippen LogP contribution in [0.2, 0.25) is 0 Å². The van der Waals surface area contributed by atoms with Crippen molar-refractivity contribution in [3.05, 3.63) is 71.2 Å². The number of hydrogen-bond acceptors (Lipinski definition) is 4. The summed E-state index contributed by atoms with van der Waals surface area (Å²) >= 11 is 0. The van der Waals surface area contributed by atoms with Crippen molar-refractivity contribution in [3.8, 4) is 0 Å². The fourth-order valence-corrected chi connectivity index (χ4v) is 4.30. The molecule has 3 heterocycles. The number of nitrogens with zero attached hydrogens (tertiary/aromatic N) is 1. The highest BCUT2D eigenvalue weighted by Crippen LogP contribution is 2.44. The van der Waals surface area contributed by atoms with Gasteiger partial charge in [-0.3, -0.25) is 4.79 Å². The number of hydrogen-bond donors (Lipinski definition) is 1. The molecule has 30 heavy (non-hydrogen) atoms. The zero-order valence-electron chi connectivity index (χ0n) is 17.0. The van der Waals surface area contributed by atoms with E-state index in [1.165, 1.54) is 12.1 Å². The Balaban J connectivity index is 1.56. The Hall–Kier alpha value is -3.12. The van der Waals surface area contributed by atoms with E-state index in [-0.39, 0.29) is 11.7 Å². The summed E-state index contributed by atoms with van der Waals surface area (Å²) in [5.41, 5.74) is 4.17. The number of nitrogens with one attached hydrogen (secondary N) is 1. The normalized spacial score (nSPS) is 22.4. The molecule has 5 nitrogen and oxygen atoms in total. The molecule has 1 saturated heterocycles. The Labute approximate surface area is 174 Å². The first-order chi connectivity index (χ1) is 14.4. The van der Waals surface area contributed by atoms with E-state index in [1.807, 2.05) is 26.0 Å². The predicted octanol–water partition coefficient (Wildman–Crippen LogP) is 4.22. The van der Waals surface area contributed by atoms with Gasteiger partial charge in [-0.2, -0.15) is 0 Å². The van der Waals surface area contributed by atoms with Crippen LogP contribution in [0.25, 0.3) is 11.1 Å². The van der Waals surface area contributed by atoms with Gasteiger partial charge >= 0.3 is 0 Å². The van der Waals surface area contributed by atoms with E-state index in [2.05, 4.69) is 28.4 Å². The van der Waals surface area contributed by atoms with Gasteiger partial charge in [-0.15, -0.1) is 0 Å². The first-order valence-corrected chi connectivity index (χ1v) is 10.1. The van der Waals surface area contributed by atoms with E-state index in [0.717, 1.165) is 43.1 Å². The fraction of sp³-hybridized carbons (Fsp3) is 0.292. The molecule has 2 aromatic rings. The molecule has 1 amide bonds. The lowest BCUT2D eigenvalue weighted by atomic mass is 9.92. The van der Waals surface area contributed by atoms with Crippen molar-refractivity contribution in [1.29, 1.82) is 0 Å². The largest absolute Gasteiger partial charge is 0.482 e. The smallest absolute Gasteiger partial charge is 0.260 e. The molecule has 0 aliphatic carbocycles. The SMILES string of the molecule is CC1(C)O/C(=C2/C(=O)Nc3cc(F)ccc32)C=C1c1cccc(N2CCOCC2)c1. The van der Waals surface area contributed by atoms with Crippen molar-refractivity contribution in [2.75, 3.05) is 36.5 Å². The van der Waals surface area contributed by atoms with E-state index in [0.29, 0.717) is 22.6 Å². The van der Waals surface area contributed by atoms with Crippen LogP contribution in [0.15, 0.2) is 54.3 Å². The maximum Gasteiger partial charge on any atom is 0.260 e. The Morgan fingerprint density at radius 3 is 2.70 bits per heavy atom. The monoisotopic (exact) mass is 406 g/mol. The van der Waals surface area contributed by atoms with Crippen LogP contribution in [-0.2, 0) is 14.3 Å². The second kappa shape index (κ2) is 6.99. The third kappa shape index (κ3) is 3.17. The van der Waals surface area contributed by atoms with Crippen molar-refractivity contribution in [2.45, 2.75) is 19.4 Å². The number of rotatable bonds is 2. The van der Waals surface area contributed by atoms with Gasteiger partial charge in [0.15, 0.2) is 0 Å². The van der Waals surface area contributed by atoms with E-state index in [9.17, 15) is 9.18 Å². The van der Waals surface area contributed by atoms with Gasteiger partial charge in [0.1, 0.15) is 17.2 Å². The molecule has 6 heteroatoms. The standard InChI is InChI=1S/C24H23FN2O3/c1-24(2)19(15-4-3-5-17(12-15)27-8-10-29-11-9-27)14-21(30-24)22-18-7-6-16(25)13-20(18)26-23(22)28/h3-7,12-14H,8-11H2,1-2H3,(H,26,28)/b22-21+. The van der Waals surface area contributed by atoms with Crippen LogP contribution in [-0.4, -0.2) is 37.8 Å². The molecule has 3 aliphatic heterocycles. The van der Waals surface area contributed by atoms with Gasteiger partial charge in [-0.25, -0.2) is 4.39 Å². The van der Waals surface area contributed by atoms with Crippen LogP contribution in [0, 0.1) is 5.82 Å². The van der Waals surface area contributed by atoms with E-state index in [1.54, 1.807) is 6.07 Å². The van der Waals surface area contributed by atoms with Crippen molar-refractivity contribution < 1.29 is 18.7 Å². The number of ether oxygens (including phenoxy) is 2. The summed E-state index contributed by atoms with van der Waals surface area (Å²) in [7, 11) is 0. The number of carbonyl (C=O) groups excluding carboxylic acids is 1. The van der Waals surface area contributed by atoms with Gasteiger partial charge in [-0.05, 0) is 55.8 Å². The molecule has 0 aromatic heterocycles. The van der Waals surface area contributed by atoms with Gasteiger partial charge in [0.2, 0.25) is 0 Å². The molecule has 3 aliphatic rings. The minimum absolute atomic E-state index is 0.277. The first-order valence-electron chi connectivity index (χ1n) is 10.1. The average molecular weight is 406 g/mol. The summed E-state index contributed by atoms with van der Waals surface area (Å²) in [6.07, 6.45) is 1.94.